The number of carbonyl (C=O) groups excluding carboxylic acids is 3. The molecule has 0 N–H and O–H groups in total. The summed E-state index contributed by atoms with van der Waals surface area (Å²) in [6, 6.07) is 14.9. The number of allylic oxidation sites excluding steroid dienone is 1. The Balaban J connectivity index is 2.17. The number of fused-ring (bicyclic) bond motifs is 1. The summed E-state index contributed by atoms with van der Waals surface area (Å²) in [7, 11) is 2.93. The van der Waals surface area contributed by atoms with Crippen molar-refractivity contribution in [3.8, 4) is 0 Å². The van der Waals surface area contributed by atoms with Gasteiger partial charge in [-0.1, -0.05) is 46.3 Å². The third kappa shape index (κ3) is 4.24. The minimum atomic E-state index is -0.783. The minimum Gasteiger partial charge on any atom is -0.463 e. The monoisotopic (exact) mass is 457 g/mol. The molecule has 2 atom stereocenters. The molecule has 150 valence electrons. The fourth-order valence-electron chi connectivity index (χ4n) is 3.50. The average Bonchev–Trinajstić information content (AvgIpc) is 2.96. The number of para-hydroxylation sites is 1. The number of carbonyl (C=O) groups is 3. The van der Waals surface area contributed by atoms with Gasteiger partial charge in [-0.3, -0.25) is 9.59 Å². The molecule has 0 fully saturated rings. The van der Waals surface area contributed by atoms with Crippen LogP contribution in [0, 0.1) is 0 Å². The first-order chi connectivity index (χ1) is 13.8. The maximum atomic E-state index is 13.2. The van der Waals surface area contributed by atoms with Crippen LogP contribution in [0.25, 0.3) is 0 Å². The number of anilines is 1. The van der Waals surface area contributed by atoms with Gasteiger partial charge in [0.15, 0.2) is 0 Å². The molecule has 0 unspecified atom stereocenters. The smallest absolute Gasteiger partial charge is 0.373 e. The molecule has 2 aromatic carbocycles. The number of halogens is 1. The molecule has 0 saturated heterocycles. The number of ether oxygens (including phenoxy) is 2. The second-order valence-electron chi connectivity index (χ2n) is 6.63. The molecule has 7 heteroatoms. The highest BCUT2D eigenvalue weighted by Gasteiger charge is 2.40. The van der Waals surface area contributed by atoms with Gasteiger partial charge in [-0.05, 0) is 35.4 Å². The number of nitrogens with zero attached hydrogens (tertiary/aromatic N) is 1. The molecule has 0 radical (unpaired) electrons. The van der Waals surface area contributed by atoms with Crippen LogP contribution >= 0.6 is 15.9 Å². The lowest BCUT2D eigenvalue weighted by Gasteiger charge is -2.21. The van der Waals surface area contributed by atoms with Gasteiger partial charge in [-0.2, -0.15) is 0 Å². The minimum absolute atomic E-state index is 0.109. The van der Waals surface area contributed by atoms with Crippen molar-refractivity contribution in [2.45, 2.75) is 18.8 Å². The summed E-state index contributed by atoms with van der Waals surface area (Å²) in [4.78, 5) is 38.5. The molecule has 0 aliphatic carbocycles. The maximum absolute atomic E-state index is 13.2. The normalized spacial score (nSPS) is 17.0. The van der Waals surface area contributed by atoms with Gasteiger partial charge in [0, 0.05) is 30.0 Å². The van der Waals surface area contributed by atoms with E-state index in [-0.39, 0.29) is 11.7 Å². The summed E-state index contributed by atoms with van der Waals surface area (Å²) in [5, 5.41) is 0. The first-order valence-corrected chi connectivity index (χ1v) is 9.73. The van der Waals surface area contributed by atoms with E-state index < -0.39 is 23.8 Å². The van der Waals surface area contributed by atoms with Gasteiger partial charge in [-0.15, -0.1) is 0 Å². The summed E-state index contributed by atoms with van der Waals surface area (Å²) >= 11 is 3.41. The van der Waals surface area contributed by atoms with Gasteiger partial charge < -0.3 is 14.4 Å². The summed E-state index contributed by atoms with van der Waals surface area (Å²) in [6.45, 7) is 1.20. The standard InChI is InChI=1S/C22H20BrNO5/c1-13(25)29-19(22(27)28-3)12-17(14-8-10-15(23)11-9-14)20-16-6-4-5-7-18(16)24(2)21(20)26/h4-12,17,20H,1-3H3/b19-12-/t17-,20+/m0/s1. The number of benzene rings is 2. The number of hydrogen-bond acceptors (Lipinski definition) is 5. The zero-order valence-electron chi connectivity index (χ0n) is 16.2. The predicted octanol–water partition coefficient (Wildman–Crippen LogP) is 3.91. The highest BCUT2D eigenvalue weighted by atomic mass is 79.9. The van der Waals surface area contributed by atoms with Crippen LogP contribution in [-0.4, -0.2) is 32.0 Å². The van der Waals surface area contributed by atoms with E-state index in [1.165, 1.54) is 20.1 Å². The predicted molar refractivity (Wildman–Crippen MR) is 111 cm³/mol. The van der Waals surface area contributed by atoms with E-state index in [4.69, 9.17) is 9.47 Å². The Morgan fingerprint density at radius 2 is 1.79 bits per heavy atom. The molecule has 0 aromatic heterocycles. The Labute approximate surface area is 177 Å². The van der Waals surface area contributed by atoms with E-state index in [0.717, 1.165) is 21.3 Å². The molecule has 3 rings (SSSR count). The van der Waals surface area contributed by atoms with Crippen molar-refractivity contribution in [1.82, 2.24) is 0 Å². The van der Waals surface area contributed by atoms with Crippen molar-refractivity contribution < 1.29 is 23.9 Å². The molecule has 1 aliphatic rings. The van der Waals surface area contributed by atoms with Gasteiger partial charge in [0.1, 0.15) is 0 Å². The molecule has 1 amide bonds. The van der Waals surface area contributed by atoms with Crippen molar-refractivity contribution in [2.24, 2.45) is 0 Å². The summed E-state index contributed by atoms with van der Waals surface area (Å²) in [6.07, 6.45) is 1.50. The van der Waals surface area contributed by atoms with Crippen LogP contribution in [-0.2, 0) is 23.9 Å². The SMILES string of the molecule is COC(=O)/C(=C/[C@@H](c1ccc(Br)cc1)[C@@H]1C(=O)N(C)c2ccccc21)OC(C)=O. The molecule has 0 saturated carbocycles. The lowest BCUT2D eigenvalue weighted by Crippen LogP contribution is -2.27. The summed E-state index contributed by atoms with van der Waals surface area (Å²) in [5.74, 6) is -2.90. The molecular formula is C22H20BrNO5. The lowest BCUT2D eigenvalue weighted by atomic mass is 9.81. The van der Waals surface area contributed by atoms with Crippen LogP contribution in [0.2, 0.25) is 0 Å². The lowest BCUT2D eigenvalue weighted by molar-refractivity contribution is -0.148. The van der Waals surface area contributed by atoms with Gasteiger partial charge >= 0.3 is 11.9 Å². The zero-order chi connectivity index (χ0) is 21.1. The second kappa shape index (κ2) is 8.61. The fourth-order valence-corrected chi connectivity index (χ4v) is 3.76. The van der Waals surface area contributed by atoms with Crippen LogP contribution < -0.4 is 4.90 Å². The van der Waals surface area contributed by atoms with Crippen molar-refractivity contribution in [3.05, 3.63) is 76.0 Å². The number of esters is 2. The maximum Gasteiger partial charge on any atom is 0.373 e. The first kappa shape index (κ1) is 20.8. The molecule has 1 aliphatic heterocycles. The van der Waals surface area contributed by atoms with Crippen molar-refractivity contribution in [2.75, 3.05) is 19.1 Å². The molecule has 1 heterocycles. The largest absolute Gasteiger partial charge is 0.463 e. The van der Waals surface area contributed by atoms with Gasteiger partial charge in [0.2, 0.25) is 11.7 Å². The van der Waals surface area contributed by atoms with Crippen LogP contribution in [0.3, 0.4) is 0 Å². The Kier molecular flexibility index (Phi) is 6.17. The van der Waals surface area contributed by atoms with E-state index in [9.17, 15) is 14.4 Å². The third-order valence-corrected chi connectivity index (χ3v) is 5.34. The quantitative estimate of drug-likeness (QED) is 0.386. The van der Waals surface area contributed by atoms with Gasteiger partial charge in [0.25, 0.3) is 0 Å². The Hall–Kier alpha value is -2.93. The van der Waals surface area contributed by atoms with Crippen molar-refractivity contribution in [3.63, 3.8) is 0 Å². The summed E-state index contributed by atoms with van der Waals surface area (Å²) < 4.78 is 10.7. The van der Waals surface area contributed by atoms with Crippen LogP contribution in [0.1, 0.15) is 29.9 Å². The highest BCUT2D eigenvalue weighted by molar-refractivity contribution is 9.10. The number of likely N-dealkylation sites (N-methyl/N-ethyl adjacent to an activating group) is 1. The number of hydrogen-bond donors (Lipinski definition) is 0. The van der Waals surface area contributed by atoms with Crippen LogP contribution in [0.5, 0.6) is 0 Å². The molecule has 6 nitrogen and oxygen atoms in total. The van der Waals surface area contributed by atoms with Gasteiger partial charge in [0.05, 0.1) is 13.0 Å². The number of methoxy groups -OCH3 is 1. The van der Waals surface area contributed by atoms with Crippen molar-refractivity contribution >= 4 is 39.5 Å². The van der Waals surface area contributed by atoms with E-state index in [0.29, 0.717) is 0 Å². The second-order valence-corrected chi connectivity index (χ2v) is 7.54. The van der Waals surface area contributed by atoms with Crippen LogP contribution in [0.15, 0.2) is 64.8 Å². The van der Waals surface area contributed by atoms with E-state index >= 15 is 0 Å². The topological polar surface area (TPSA) is 72.9 Å². The third-order valence-electron chi connectivity index (χ3n) is 4.82. The molecule has 29 heavy (non-hydrogen) atoms. The summed E-state index contributed by atoms with van der Waals surface area (Å²) in [5.41, 5.74) is 2.45. The number of amides is 1. The molecule has 0 spiro atoms. The van der Waals surface area contributed by atoms with E-state index in [1.54, 1.807) is 11.9 Å². The average molecular weight is 458 g/mol. The molecule has 0 bridgehead atoms. The Morgan fingerprint density at radius 1 is 1.14 bits per heavy atom. The first-order valence-electron chi connectivity index (χ1n) is 8.94. The highest BCUT2D eigenvalue weighted by Crippen LogP contribution is 2.45. The van der Waals surface area contributed by atoms with E-state index in [2.05, 4.69) is 15.9 Å². The van der Waals surface area contributed by atoms with E-state index in [1.807, 2.05) is 48.5 Å². The number of rotatable bonds is 5. The Bertz CT molecular complexity index is 983. The molecular weight excluding hydrogens is 438 g/mol. The Morgan fingerprint density at radius 3 is 2.41 bits per heavy atom. The van der Waals surface area contributed by atoms with Crippen LogP contribution in [0.4, 0.5) is 5.69 Å². The fraction of sp³-hybridized carbons (Fsp3) is 0.227. The zero-order valence-corrected chi connectivity index (χ0v) is 17.8. The van der Waals surface area contributed by atoms with Gasteiger partial charge in [-0.25, -0.2) is 4.79 Å². The van der Waals surface area contributed by atoms with Crippen molar-refractivity contribution in [1.29, 1.82) is 0 Å². The molecule has 2 aromatic rings.